The molecule has 7 nitrogen and oxygen atoms in total. The number of amides is 1. The zero-order valence-electron chi connectivity index (χ0n) is 16.5. The topological polar surface area (TPSA) is 88.1 Å². The van der Waals surface area contributed by atoms with Crippen LogP contribution in [0.25, 0.3) is 0 Å². The van der Waals surface area contributed by atoms with Crippen molar-refractivity contribution in [2.45, 2.75) is 11.8 Å². The Balaban J connectivity index is 1.94. The maximum Gasteiger partial charge on any atom is 0.264 e. The van der Waals surface area contributed by atoms with E-state index in [0.29, 0.717) is 5.75 Å². The van der Waals surface area contributed by atoms with Crippen LogP contribution in [0.2, 0.25) is 0 Å². The molecular weight excluding hydrogens is 422 g/mol. The number of ether oxygens (including phenoxy) is 1. The van der Waals surface area contributed by atoms with E-state index in [1.165, 1.54) is 36.8 Å². The van der Waals surface area contributed by atoms with Gasteiger partial charge in [0.25, 0.3) is 15.9 Å². The van der Waals surface area contributed by atoms with Gasteiger partial charge in [-0.25, -0.2) is 13.8 Å². The fourth-order valence-electron chi connectivity index (χ4n) is 2.71. The van der Waals surface area contributed by atoms with Gasteiger partial charge in [-0.1, -0.05) is 30.3 Å². The predicted molar refractivity (Wildman–Crippen MR) is 119 cm³/mol. The van der Waals surface area contributed by atoms with Crippen molar-refractivity contribution in [3.8, 4) is 5.75 Å². The van der Waals surface area contributed by atoms with Crippen molar-refractivity contribution in [2.75, 3.05) is 18.0 Å². The standard InChI is InChI=1S/C21H21N3O4S2/c1-16-10-11-20(28-2)19(13-16)24(30(26,27)18-8-4-3-5-9-18)15-21(25)23-22-14-17-7-6-12-29-17/h3-14H,15H2,1-2H3,(H,23,25)/b22-14-. The van der Waals surface area contributed by atoms with Crippen molar-refractivity contribution in [1.82, 2.24) is 5.43 Å². The lowest BCUT2D eigenvalue weighted by atomic mass is 10.2. The Morgan fingerprint density at radius 2 is 1.93 bits per heavy atom. The van der Waals surface area contributed by atoms with Gasteiger partial charge in [0.2, 0.25) is 0 Å². The van der Waals surface area contributed by atoms with Gasteiger partial charge in [-0.3, -0.25) is 9.10 Å². The van der Waals surface area contributed by atoms with E-state index in [4.69, 9.17) is 4.74 Å². The van der Waals surface area contributed by atoms with Gasteiger partial charge in [0.15, 0.2) is 0 Å². The second kappa shape index (κ2) is 9.55. The first kappa shape index (κ1) is 21.5. The molecule has 0 fully saturated rings. The number of carbonyl (C=O) groups excluding carboxylic acids is 1. The summed E-state index contributed by atoms with van der Waals surface area (Å²) in [5, 5.41) is 5.80. The molecule has 0 aliphatic heterocycles. The van der Waals surface area contributed by atoms with Gasteiger partial charge < -0.3 is 4.74 Å². The molecule has 0 aliphatic carbocycles. The lowest BCUT2D eigenvalue weighted by Crippen LogP contribution is -2.39. The molecule has 0 saturated carbocycles. The number of carbonyl (C=O) groups is 1. The maximum atomic E-state index is 13.4. The van der Waals surface area contributed by atoms with E-state index in [9.17, 15) is 13.2 Å². The number of nitrogens with one attached hydrogen (secondary N) is 1. The third kappa shape index (κ3) is 5.05. The molecule has 9 heteroatoms. The minimum absolute atomic E-state index is 0.0726. The van der Waals surface area contributed by atoms with Gasteiger partial charge in [0.05, 0.1) is 23.9 Å². The summed E-state index contributed by atoms with van der Waals surface area (Å²) in [6.07, 6.45) is 1.51. The number of nitrogens with zero attached hydrogens (tertiary/aromatic N) is 2. The molecule has 156 valence electrons. The first-order valence-corrected chi connectivity index (χ1v) is 11.3. The van der Waals surface area contributed by atoms with Crippen LogP contribution in [0.15, 0.2) is 76.0 Å². The molecule has 3 aromatic rings. The molecule has 0 atom stereocenters. The smallest absolute Gasteiger partial charge is 0.264 e. The molecule has 0 spiro atoms. The first-order chi connectivity index (χ1) is 14.4. The summed E-state index contributed by atoms with van der Waals surface area (Å²) < 4.78 is 33.1. The van der Waals surface area contributed by atoms with Gasteiger partial charge >= 0.3 is 0 Å². The van der Waals surface area contributed by atoms with E-state index >= 15 is 0 Å². The number of hydrazone groups is 1. The van der Waals surface area contributed by atoms with E-state index in [1.54, 1.807) is 36.4 Å². The Morgan fingerprint density at radius 1 is 1.17 bits per heavy atom. The summed E-state index contributed by atoms with van der Waals surface area (Å²) in [7, 11) is -2.57. The molecule has 1 aromatic heterocycles. The highest BCUT2D eigenvalue weighted by molar-refractivity contribution is 7.92. The summed E-state index contributed by atoms with van der Waals surface area (Å²) in [6.45, 7) is 1.38. The van der Waals surface area contributed by atoms with E-state index in [0.717, 1.165) is 14.7 Å². The van der Waals surface area contributed by atoms with Crippen molar-refractivity contribution in [1.29, 1.82) is 0 Å². The van der Waals surface area contributed by atoms with Crippen LogP contribution in [0.4, 0.5) is 5.69 Å². The van der Waals surface area contributed by atoms with Gasteiger partial charge in [-0.15, -0.1) is 11.3 Å². The molecule has 0 unspecified atom stereocenters. The highest BCUT2D eigenvalue weighted by Crippen LogP contribution is 2.33. The summed E-state index contributed by atoms with van der Waals surface area (Å²) in [6, 6.07) is 16.8. The number of hydrogen-bond donors (Lipinski definition) is 1. The van der Waals surface area contributed by atoms with Crippen molar-refractivity contribution in [3.05, 3.63) is 76.5 Å². The van der Waals surface area contributed by atoms with Crippen LogP contribution in [0, 0.1) is 6.92 Å². The van der Waals surface area contributed by atoms with E-state index in [1.807, 2.05) is 24.4 Å². The average molecular weight is 444 g/mol. The normalized spacial score (nSPS) is 11.4. The second-order valence-corrected chi connectivity index (χ2v) is 9.15. The molecular formula is C21H21N3O4S2. The SMILES string of the molecule is COc1ccc(C)cc1N(CC(=O)N/N=C\c1cccs1)S(=O)(=O)c1ccccc1. The van der Waals surface area contributed by atoms with Crippen LogP contribution in [-0.2, 0) is 14.8 Å². The monoisotopic (exact) mass is 443 g/mol. The summed E-state index contributed by atoms with van der Waals surface area (Å²) in [4.78, 5) is 13.5. The average Bonchev–Trinajstić information content (AvgIpc) is 3.26. The Kier molecular flexibility index (Phi) is 6.86. The number of anilines is 1. The van der Waals surface area contributed by atoms with Crippen LogP contribution in [0.3, 0.4) is 0 Å². The molecule has 2 aromatic carbocycles. The number of methoxy groups -OCH3 is 1. The minimum Gasteiger partial charge on any atom is -0.495 e. The van der Waals surface area contributed by atoms with Crippen molar-refractivity contribution >= 4 is 39.2 Å². The molecule has 1 heterocycles. The zero-order chi connectivity index (χ0) is 21.6. The first-order valence-electron chi connectivity index (χ1n) is 8.99. The van der Waals surface area contributed by atoms with Crippen LogP contribution in [-0.4, -0.2) is 34.2 Å². The van der Waals surface area contributed by atoms with Gasteiger partial charge in [-0.2, -0.15) is 5.10 Å². The van der Waals surface area contributed by atoms with Gasteiger partial charge in [0.1, 0.15) is 12.3 Å². The lowest BCUT2D eigenvalue weighted by Gasteiger charge is -2.25. The fraction of sp³-hybridized carbons (Fsp3) is 0.143. The molecule has 0 radical (unpaired) electrons. The quantitative estimate of drug-likeness (QED) is 0.427. The third-order valence-corrected chi connectivity index (χ3v) is 6.73. The van der Waals surface area contributed by atoms with Gasteiger partial charge in [0, 0.05) is 4.88 Å². The summed E-state index contributed by atoms with van der Waals surface area (Å²) >= 11 is 1.47. The Hall–Kier alpha value is -3.17. The molecule has 3 rings (SSSR count). The number of hydrogen-bond acceptors (Lipinski definition) is 6. The maximum absolute atomic E-state index is 13.4. The number of aryl methyl sites for hydroxylation is 1. The molecule has 0 saturated heterocycles. The highest BCUT2D eigenvalue weighted by Gasteiger charge is 2.29. The zero-order valence-corrected chi connectivity index (χ0v) is 18.1. The Morgan fingerprint density at radius 3 is 2.60 bits per heavy atom. The summed E-state index contributed by atoms with van der Waals surface area (Å²) in [5.74, 6) is -0.235. The van der Waals surface area contributed by atoms with E-state index in [2.05, 4.69) is 10.5 Å². The second-order valence-electron chi connectivity index (χ2n) is 6.31. The number of benzene rings is 2. The fourth-order valence-corrected chi connectivity index (χ4v) is 4.74. The van der Waals surface area contributed by atoms with Crippen molar-refractivity contribution in [3.63, 3.8) is 0 Å². The summed E-state index contributed by atoms with van der Waals surface area (Å²) in [5.41, 5.74) is 3.49. The molecule has 0 bridgehead atoms. The van der Waals surface area contributed by atoms with Gasteiger partial charge in [-0.05, 0) is 48.2 Å². The van der Waals surface area contributed by atoms with Crippen LogP contribution >= 0.6 is 11.3 Å². The molecule has 1 amide bonds. The minimum atomic E-state index is -4.02. The number of thiophene rings is 1. The largest absolute Gasteiger partial charge is 0.495 e. The predicted octanol–water partition coefficient (Wildman–Crippen LogP) is 3.41. The highest BCUT2D eigenvalue weighted by atomic mass is 32.2. The van der Waals surface area contributed by atoms with Crippen LogP contribution in [0.1, 0.15) is 10.4 Å². The Bertz CT molecular complexity index is 1130. The van der Waals surface area contributed by atoms with E-state index < -0.39 is 22.5 Å². The lowest BCUT2D eigenvalue weighted by molar-refractivity contribution is -0.119. The molecule has 0 aliphatic rings. The van der Waals surface area contributed by atoms with Crippen LogP contribution in [0.5, 0.6) is 5.75 Å². The van der Waals surface area contributed by atoms with Crippen molar-refractivity contribution < 1.29 is 17.9 Å². The molecule has 1 N–H and O–H groups in total. The van der Waals surface area contributed by atoms with Crippen molar-refractivity contribution in [2.24, 2.45) is 5.10 Å². The number of sulfonamides is 1. The Labute approximate surface area is 179 Å². The third-order valence-electron chi connectivity index (χ3n) is 4.15. The molecule has 30 heavy (non-hydrogen) atoms. The number of rotatable bonds is 8. The van der Waals surface area contributed by atoms with E-state index in [-0.39, 0.29) is 10.6 Å². The van der Waals surface area contributed by atoms with Crippen LogP contribution < -0.4 is 14.5 Å².